The normalized spacial score (nSPS) is 12.2. The second kappa shape index (κ2) is 10.3. The molecule has 142 valence electrons. The molecule has 0 amide bonds. The van der Waals surface area contributed by atoms with E-state index in [2.05, 4.69) is 26.4 Å². The van der Waals surface area contributed by atoms with Crippen LogP contribution in [0.5, 0.6) is 0 Å². The third-order valence-corrected chi connectivity index (χ3v) is 5.88. The molecule has 2 aromatic rings. The number of nitrogens with zero attached hydrogens (tertiary/aromatic N) is 1. The Morgan fingerprint density at radius 3 is 2.50 bits per heavy atom. The van der Waals surface area contributed by atoms with Crippen molar-refractivity contribution in [3.05, 3.63) is 52.2 Å². The van der Waals surface area contributed by atoms with Gasteiger partial charge in [-0.25, -0.2) is 13.1 Å². The largest absolute Gasteiger partial charge is 0.383 e. The SMILES string of the molecule is CN=C(NCc1ccc(S(=O)(=O)NCCOC)cc1)NCc1cccs1. The molecule has 2 rings (SSSR count). The number of nitrogens with one attached hydrogen (secondary N) is 3. The zero-order valence-electron chi connectivity index (χ0n) is 14.9. The van der Waals surface area contributed by atoms with Crippen molar-refractivity contribution in [2.45, 2.75) is 18.0 Å². The molecule has 0 saturated heterocycles. The minimum Gasteiger partial charge on any atom is -0.383 e. The van der Waals surface area contributed by atoms with Gasteiger partial charge in [-0.2, -0.15) is 0 Å². The van der Waals surface area contributed by atoms with Crippen LogP contribution < -0.4 is 15.4 Å². The van der Waals surface area contributed by atoms with E-state index < -0.39 is 10.0 Å². The van der Waals surface area contributed by atoms with Gasteiger partial charge >= 0.3 is 0 Å². The maximum Gasteiger partial charge on any atom is 0.240 e. The molecule has 9 heteroatoms. The number of methoxy groups -OCH3 is 1. The minimum atomic E-state index is -3.50. The summed E-state index contributed by atoms with van der Waals surface area (Å²) in [5.74, 6) is 0.691. The molecule has 1 heterocycles. The van der Waals surface area contributed by atoms with E-state index >= 15 is 0 Å². The van der Waals surface area contributed by atoms with Crippen LogP contribution in [0.25, 0.3) is 0 Å². The molecule has 0 bridgehead atoms. The van der Waals surface area contributed by atoms with E-state index in [0.717, 1.165) is 5.56 Å². The Bertz CT molecular complexity index is 788. The molecular formula is C17H24N4O3S2. The highest BCUT2D eigenvalue weighted by atomic mass is 32.2. The molecule has 0 fully saturated rings. The Morgan fingerprint density at radius 2 is 1.88 bits per heavy atom. The van der Waals surface area contributed by atoms with E-state index in [9.17, 15) is 8.42 Å². The lowest BCUT2D eigenvalue weighted by atomic mass is 10.2. The first-order valence-electron chi connectivity index (χ1n) is 8.09. The number of benzene rings is 1. The summed E-state index contributed by atoms with van der Waals surface area (Å²) in [5.41, 5.74) is 0.958. The summed E-state index contributed by atoms with van der Waals surface area (Å²) in [5, 5.41) is 8.48. The fourth-order valence-corrected chi connectivity index (χ4v) is 3.80. The third kappa shape index (κ3) is 6.41. The first-order chi connectivity index (χ1) is 12.5. The second-order valence-corrected chi connectivity index (χ2v) is 8.19. The zero-order valence-corrected chi connectivity index (χ0v) is 16.5. The van der Waals surface area contributed by atoms with E-state index in [1.54, 1.807) is 42.6 Å². The molecule has 3 N–H and O–H groups in total. The Labute approximate surface area is 158 Å². The van der Waals surface area contributed by atoms with Crippen molar-refractivity contribution in [1.82, 2.24) is 15.4 Å². The molecule has 26 heavy (non-hydrogen) atoms. The van der Waals surface area contributed by atoms with Gasteiger partial charge in [0.25, 0.3) is 0 Å². The average Bonchev–Trinajstić information content (AvgIpc) is 3.16. The number of rotatable bonds is 9. The number of aliphatic imine (C=N–C) groups is 1. The Kier molecular flexibility index (Phi) is 8.05. The van der Waals surface area contributed by atoms with E-state index in [0.29, 0.717) is 25.7 Å². The summed E-state index contributed by atoms with van der Waals surface area (Å²) >= 11 is 1.68. The lowest BCUT2D eigenvalue weighted by Crippen LogP contribution is -2.36. The topological polar surface area (TPSA) is 91.8 Å². The average molecular weight is 397 g/mol. The van der Waals surface area contributed by atoms with Crippen molar-refractivity contribution in [2.75, 3.05) is 27.3 Å². The molecule has 0 spiro atoms. The molecule has 0 atom stereocenters. The number of thiophene rings is 1. The number of hydrogen-bond donors (Lipinski definition) is 3. The maximum absolute atomic E-state index is 12.1. The summed E-state index contributed by atoms with van der Waals surface area (Å²) in [6, 6.07) is 10.8. The number of hydrogen-bond acceptors (Lipinski definition) is 5. The molecular weight excluding hydrogens is 372 g/mol. The van der Waals surface area contributed by atoms with E-state index in [4.69, 9.17) is 4.74 Å². The fraction of sp³-hybridized carbons (Fsp3) is 0.353. The molecule has 0 aliphatic carbocycles. The smallest absolute Gasteiger partial charge is 0.240 e. The Balaban J connectivity index is 1.86. The van der Waals surface area contributed by atoms with Crippen LogP contribution in [0.2, 0.25) is 0 Å². The monoisotopic (exact) mass is 396 g/mol. The first kappa shape index (κ1) is 20.4. The first-order valence-corrected chi connectivity index (χ1v) is 10.5. The van der Waals surface area contributed by atoms with Crippen molar-refractivity contribution in [1.29, 1.82) is 0 Å². The summed E-state index contributed by atoms with van der Waals surface area (Å²) < 4.78 is 31.6. The van der Waals surface area contributed by atoms with Crippen molar-refractivity contribution in [3.8, 4) is 0 Å². The quantitative estimate of drug-likeness (QED) is 0.340. The highest BCUT2D eigenvalue weighted by molar-refractivity contribution is 7.89. The number of guanidine groups is 1. The molecule has 1 aromatic carbocycles. The predicted molar refractivity (Wildman–Crippen MR) is 105 cm³/mol. The molecule has 0 aliphatic heterocycles. The van der Waals surface area contributed by atoms with Crippen LogP contribution in [0, 0.1) is 0 Å². The van der Waals surface area contributed by atoms with Gasteiger partial charge in [-0.1, -0.05) is 18.2 Å². The van der Waals surface area contributed by atoms with Crippen LogP contribution in [0.4, 0.5) is 0 Å². The number of sulfonamides is 1. The molecule has 1 aromatic heterocycles. The highest BCUT2D eigenvalue weighted by Gasteiger charge is 2.12. The Morgan fingerprint density at radius 1 is 1.15 bits per heavy atom. The predicted octanol–water partition coefficient (Wildman–Crippen LogP) is 1.54. The standard InChI is InChI=1S/C17H24N4O3S2/c1-18-17(20-13-15-4-3-11-25-15)19-12-14-5-7-16(8-6-14)26(22,23)21-9-10-24-2/h3-8,11,21H,9-10,12-13H2,1-2H3,(H2,18,19,20). The van der Waals surface area contributed by atoms with Gasteiger partial charge in [0.05, 0.1) is 18.0 Å². The molecule has 0 unspecified atom stereocenters. The minimum absolute atomic E-state index is 0.234. The number of ether oxygens (including phenoxy) is 1. The van der Waals surface area contributed by atoms with Crippen molar-refractivity contribution in [3.63, 3.8) is 0 Å². The second-order valence-electron chi connectivity index (χ2n) is 5.39. The van der Waals surface area contributed by atoms with Gasteiger partial charge in [-0.15, -0.1) is 11.3 Å². The highest BCUT2D eigenvalue weighted by Crippen LogP contribution is 2.10. The van der Waals surface area contributed by atoms with Crippen molar-refractivity contribution in [2.24, 2.45) is 4.99 Å². The Hall–Kier alpha value is -1.94. The summed E-state index contributed by atoms with van der Waals surface area (Å²) in [6.45, 7) is 1.83. The van der Waals surface area contributed by atoms with Crippen LogP contribution in [-0.4, -0.2) is 41.7 Å². The van der Waals surface area contributed by atoms with Crippen LogP contribution in [0.1, 0.15) is 10.4 Å². The van der Waals surface area contributed by atoms with Gasteiger partial charge < -0.3 is 15.4 Å². The molecule has 7 nitrogen and oxygen atoms in total. The zero-order chi connectivity index (χ0) is 18.8. The van der Waals surface area contributed by atoms with E-state index in [-0.39, 0.29) is 11.4 Å². The molecule has 0 saturated carbocycles. The van der Waals surface area contributed by atoms with Gasteiger partial charge in [0.15, 0.2) is 5.96 Å². The summed E-state index contributed by atoms with van der Waals surface area (Å²) in [6.07, 6.45) is 0. The lowest BCUT2D eigenvalue weighted by Gasteiger charge is -2.12. The van der Waals surface area contributed by atoms with Gasteiger partial charge in [0.1, 0.15) is 0 Å². The maximum atomic E-state index is 12.1. The lowest BCUT2D eigenvalue weighted by molar-refractivity contribution is 0.204. The van der Waals surface area contributed by atoms with Crippen molar-refractivity contribution >= 4 is 27.3 Å². The molecule has 0 aliphatic rings. The summed E-state index contributed by atoms with van der Waals surface area (Å²) in [7, 11) is -0.264. The summed E-state index contributed by atoms with van der Waals surface area (Å²) in [4.78, 5) is 5.64. The third-order valence-electron chi connectivity index (χ3n) is 3.53. The van der Waals surface area contributed by atoms with Gasteiger partial charge in [0.2, 0.25) is 10.0 Å². The fourth-order valence-electron chi connectivity index (χ4n) is 2.14. The van der Waals surface area contributed by atoms with E-state index in [1.807, 2.05) is 11.4 Å². The van der Waals surface area contributed by atoms with Crippen molar-refractivity contribution < 1.29 is 13.2 Å². The van der Waals surface area contributed by atoms with Crippen LogP contribution in [-0.2, 0) is 27.8 Å². The van der Waals surface area contributed by atoms with Gasteiger partial charge in [-0.3, -0.25) is 4.99 Å². The van der Waals surface area contributed by atoms with Gasteiger partial charge in [0, 0.05) is 32.1 Å². The van der Waals surface area contributed by atoms with Crippen LogP contribution in [0.15, 0.2) is 51.7 Å². The van der Waals surface area contributed by atoms with E-state index in [1.165, 1.54) is 12.0 Å². The van der Waals surface area contributed by atoms with Gasteiger partial charge in [-0.05, 0) is 29.1 Å². The molecule has 0 radical (unpaired) electrons. The van der Waals surface area contributed by atoms with Crippen LogP contribution in [0.3, 0.4) is 0 Å². The van der Waals surface area contributed by atoms with Crippen LogP contribution >= 0.6 is 11.3 Å².